The Morgan fingerprint density at radius 2 is 2.16 bits per heavy atom. The van der Waals surface area contributed by atoms with Crippen molar-refractivity contribution >= 4 is 5.91 Å². The van der Waals surface area contributed by atoms with E-state index in [0.29, 0.717) is 18.7 Å². The maximum Gasteiger partial charge on any atom is 0.254 e. The van der Waals surface area contributed by atoms with Gasteiger partial charge in [-0.3, -0.25) is 4.79 Å². The third-order valence-corrected chi connectivity index (χ3v) is 3.51. The van der Waals surface area contributed by atoms with Gasteiger partial charge in [-0.1, -0.05) is 0 Å². The van der Waals surface area contributed by atoms with Crippen LogP contribution in [0, 0.1) is 12.7 Å². The molecule has 1 fully saturated rings. The Hall–Kier alpha value is -1.46. The first kappa shape index (κ1) is 14.0. The molecule has 1 unspecified atom stereocenters. The second-order valence-corrected chi connectivity index (χ2v) is 5.17. The van der Waals surface area contributed by atoms with Crippen LogP contribution in [0.2, 0.25) is 0 Å². The van der Waals surface area contributed by atoms with Gasteiger partial charge in [-0.05, 0) is 37.7 Å². The number of nitrogens with zero attached hydrogens (tertiary/aromatic N) is 2. The zero-order chi connectivity index (χ0) is 14.0. The van der Waals surface area contributed by atoms with E-state index in [9.17, 15) is 9.18 Å². The fourth-order valence-corrected chi connectivity index (χ4v) is 2.51. The molecule has 0 saturated carbocycles. The molecule has 1 aliphatic heterocycles. The highest BCUT2D eigenvalue weighted by Gasteiger charge is 2.28. The van der Waals surface area contributed by atoms with Crippen molar-refractivity contribution in [2.24, 2.45) is 5.73 Å². The molecule has 0 bridgehead atoms. The average Bonchev–Trinajstić information content (AvgIpc) is 2.36. The number of carbonyl (C=O) groups is 1. The van der Waals surface area contributed by atoms with Crippen molar-refractivity contribution < 1.29 is 9.18 Å². The summed E-state index contributed by atoms with van der Waals surface area (Å²) in [6.45, 7) is 4.41. The number of hydrogen-bond acceptors (Lipinski definition) is 3. The lowest BCUT2D eigenvalue weighted by Gasteiger charge is -2.39. The highest BCUT2D eigenvalue weighted by atomic mass is 19.1. The highest BCUT2D eigenvalue weighted by molar-refractivity contribution is 5.94. The first-order chi connectivity index (χ1) is 9.01. The fourth-order valence-electron chi connectivity index (χ4n) is 2.51. The van der Waals surface area contributed by atoms with Gasteiger partial charge in [0.2, 0.25) is 0 Å². The number of carbonyl (C=O) groups excluding carboxylic acids is 1. The zero-order valence-electron chi connectivity index (χ0n) is 11.4. The van der Waals surface area contributed by atoms with Gasteiger partial charge in [-0.25, -0.2) is 4.39 Å². The van der Waals surface area contributed by atoms with E-state index in [0.717, 1.165) is 18.7 Å². The quantitative estimate of drug-likeness (QED) is 0.862. The molecule has 0 radical (unpaired) electrons. The number of piperazine rings is 1. The first-order valence-corrected chi connectivity index (χ1v) is 6.48. The Bertz CT molecular complexity index is 458. The fraction of sp³-hybridized carbons (Fsp3) is 0.500. The number of hydrogen-bond donors (Lipinski definition) is 1. The van der Waals surface area contributed by atoms with E-state index >= 15 is 0 Å². The molecule has 1 heterocycles. The van der Waals surface area contributed by atoms with E-state index in [2.05, 4.69) is 4.90 Å². The number of nitrogens with two attached hydrogens (primary N) is 1. The second-order valence-electron chi connectivity index (χ2n) is 5.17. The monoisotopic (exact) mass is 265 g/mol. The molecular weight excluding hydrogens is 245 g/mol. The van der Waals surface area contributed by atoms with Crippen LogP contribution in [0.3, 0.4) is 0 Å². The molecule has 1 aromatic rings. The summed E-state index contributed by atoms with van der Waals surface area (Å²) in [6.07, 6.45) is 0. The van der Waals surface area contributed by atoms with E-state index in [4.69, 9.17) is 5.73 Å². The predicted molar refractivity (Wildman–Crippen MR) is 72.5 cm³/mol. The van der Waals surface area contributed by atoms with Crippen LogP contribution in [-0.2, 0) is 0 Å². The molecule has 0 spiro atoms. The molecule has 0 aliphatic carbocycles. The van der Waals surface area contributed by atoms with Gasteiger partial charge in [0.05, 0.1) is 6.04 Å². The Labute approximate surface area is 113 Å². The summed E-state index contributed by atoms with van der Waals surface area (Å²) in [5, 5.41) is 0. The number of aryl methyl sites for hydroxylation is 1. The van der Waals surface area contributed by atoms with Crippen molar-refractivity contribution in [3.63, 3.8) is 0 Å². The Kier molecular flexibility index (Phi) is 4.17. The van der Waals surface area contributed by atoms with Gasteiger partial charge in [0.1, 0.15) is 5.82 Å². The molecule has 2 N–H and O–H groups in total. The van der Waals surface area contributed by atoms with Crippen molar-refractivity contribution in [2.75, 3.05) is 33.2 Å². The Morgan fingerprint density at radius 3 is 2.79 bits per heavy atom. The average molecular weight is 265 g/mol. The van der Waals surface area contributed by atoms with Crippen molar-refractivity contribution in [1.29, 1.82) is 0 Å². The summed E-state index contributed by atoms with van der Waals surface area (Å²) < 4.78 is 13.4. The van der Waals surface area contributed by atoms with E-state index in [1.165, 1.54) is 12.1 Å². The van der Waals surface area contributed by atoms with E-state index in [-0.39, 0.29) is 17.8 Å². The molecule has 19 heavy (non-hydrogen) atoms. The third-order valence-electron chi connectivity index (χ3n) is 3.51. The predicted octanol–water partition coefficient (Wildman–Crippen LogP) is 0.849. The van der Waals surface area contributed by atoms with Crippen molar-refractivity contribution in [3.8, 4) is 0 Å². The van der Waals surface area contributed by atoms with Crippen molar-refractivity contribution in [1.82, 2.24) is 9.80 Å². The summed E-state index contributed by atoms with van der Waals surface area (Å²) in [7, 11) is 2.01. The van der Waals surface area contributed by atoms with Crippen LogP contribution < -0.4 is 5.73 Å². The molecule has 5 heteroatoms. The lowest BCUT2D eigenvalue weighted by molar-refractivity contribution is 0.0515. The molecule has 1 atom stereocenters. The van der Waals surface area contributed by atoms with Gasteiger partial charge in [-0.15, -0.1) is 0 Å². The second kappa shape index (κ2) is 5.67. The minimum atomic E-state index is -0.373. The first-order valence-electron chi connectivity index (χ1n) is 6.48. The van der Waals surface area contributed by atoms with Crippen LogP contribution in [0.5, 0.6) is 0 Å². The minimum absolute atomic E-state index is 0.00479. The van der Waals surface area contributed by atoms with Gasteiger partial charge in [0, 0.05) is 31.7 Å². The van der Waals surface area contributed by atoms with E-state index < -0.39 is 0 Å². The van der Waals surface area contributed by atoms with E-state index in [1.54, 1.807) is 17.9 Å². The van der Waals surface area contributed by atoms with Crippen LogP contribution in [-0.4, -0.2) is 55.0 Å². The molecule has 2 rings (SSSR count). The normalized spacial score (nSPS) is 20.6. The van der Waals surface area contributed by atoms with Crippen LogP contribution in [0.1, 0.15) is 15.9 Å². The molecule has 104 valence electrons. The van der Waals surface area contributed by atoms with Crippen LogP contribution in [0.15, 0.2) is 18.2 Å². The number of likely N-dealkylation sites (N-methyl/N-ethyl adjacent to an activating group) is 1. The maximum atomic E-state index is 13.4. The van der Waals surface area contributed by atoms with Crippen molar-refractivity contribution in [3.05, 3.63) is 35.1 Å². The van der Waals surface area contributed by atoms with Crippen LogP contribution in [0.4, 0.5) is 4.39 Å². The third kappa shape index (κ3) is 3.11. The Morgan fingerprint density at radius 1 is 1.42 bits per heavy atom. The van der Waals surface area contributed by atoms with Crippen LogP contribution >= 0.6 is 0 Å². The standard InChI is InChI=1S/C14H20FN3O/c1-10-5-11(7-12(15)6-10)14(19)18-4-3-17(2)9-13(18)8-16/h5-7,13H,3-4,8-9,16H2,1-2H3. The lowest BCUT2D eigenvalue weighted by Crippen LogP contribution is -2.56. The van der Waals surface area contributed by atoms with Gasteiger partial charge >= 0.3 is 0 Å². The summed E-state index contributed by atoms with van der Waals surface area (Å²) in [5.41, 5.74) is 6.89. The molecule has 1 aromatic carbocycles. The van der Waals surface area contributed by atoms with Gasteiger partial charge in [0.15, 0.2) is 0 Å². The molecule has 4 nitrogen and oxygen atoms in total. The SMILES string of the molecule is Cc1cc(F)cc(C(=O)N2CCN(C)CC2CN)c1. The van der Waals surface area contributed by atoms with Gasteiger partial charge < -0.3 is 15.5 Å². The number of halogens is 1. The molecule has 1 amide bonds. The number of rotatable bonds is 2. The van der Waals surface area contributed by atoms with Crippen LogP contribution in [0.25, 0.3) is 0 Å². The minimum Gasteiger partial charge on any atom is -0.332 e. The molecule has 1 saturated heterocycles. The summed E-state index contributed by atoms with van der Waals surface area (Å²) in [6, 6.07) is 4.43. The van der Waals surface area contributed by atoms with E-state index in [1.807, 2.05) is 7.05 Å². The number of benzene rings is 1. The molecule has 0 aromatic heterocycles. The summed E-state index contributed by atoms with van der Waals surface area (Å²) in [4.78, 5) is 16.4. The zero-order valence-corrected chi connectivity index (χ0v) is 11.4. The largest absolute Gasteiger partial charge is 0.332 e. The number of amides is 1. The van der Waals surface area contributed by atoms with Gasteiger partial charge in [0.25, 0.3) is 5.91 Å². The molecular formula is C14H20FN3O. The molecule has 1 aliphatic rings. The summed E-state index contributed by atoms with van der Waals surface area (Å²) >= 11 is 0. The smallest absolute Gasteiger partial charge is 0.254 e. The topological polar surface area (TPSA) is 49.6 Å². The lowest BCUT2D eigenvalue weighted by atomic mass is 10.1. The Balaban J connectivity index is 2.22. The summed E-state index contributed by atoms with van der Waals surface area (Å²) in [5.74, 6) is -0.507. The van der Waals surface area contributed by atoms with Gasteiger partial charge in [-0.2, -0.15) is 0 Å². The highest BCUT2D eigenvalue weighted by Crippen LogP contribution is 2.15. The van der Waals surface area contributed by atoms with Crippen molar-refractivity contribution in [2.45, 2.75) is 13.0 Å². The maximum absolute atomic E-state index is 13.4.